The van der Waals surface area contributed by atoms with E-state index in [1.807, 2.05) is 32.3 Å². The molecule has 0 amide bonds. The zero-order chi connectivity index (χ0) is 32.2. The first-order chi connectivity index (χ1) is 21.9. The van der Waals surface area contributed by atoms with Crippen LogP contribution < -0.4 is 11.5 Å². The second-order valence-corrected chi connectivity index (χ2v) is 11.3. The SMILES string of the molecule is CC.COC(N)=NC1CCc2cccc(-c3cnccc3C)c2C1.N=C(N)OCC1CCc2cccc(-c3ccccc3)c2C1. The van der Waals surface area contributed by atoms with Crippen molar-refractivity contribution in [2.45, 2.75) is 65.3 Å². The molecule has 2 unspecified atom stereocenters. The summed E-state index contributed by atoms with van der Waals surface area (Å²) in [6.07, 6.45) is 9.86. The third kappa shape index (κ3) is 8.72. The van der Waals surface area contributed by atoms with Gasteiger partial charge in [-0.05, 0) is 102 Å². The molecule has 7 heteroatoms. The molecule has 1 aromatic heterocycles. The van der Waals surface area contributed by atoms with Crippen LogP contribution in [0.4, 0.5) is 0 Å². The first-order valence-corrected chi connectivity index (χ1v) is 15.9. The van der Waals surface area contributed by atoms with Crippen LogP contribution in [0.2, 0.25) is 0 Å². The van der Waals surface area contributed by atoms with Gasteiger partial charge in [-0.2, -0.15) is 0 Å². The molecule has 0 saturated heterocycles. The fourth-order valence-electron chi connectivity index (χ4n) is 6.21. The zero-order valence-corrected chi connectivity index (χ0v) is 27.1. The highest BCUT2D eigenvalue weighted by Crippen LogP contribution is 2.35. The third-order valence-electron chi connectivity index (χ3n) is 8.45. The number of aryl methyl sites for hydroxylation is 3. The minimum Gasteiger partial charge on any atom is -0.469 e. The van der Waals surface area contributed by atoms with E-state index in [-0.39, 0.29) is 18.1 Å². The Balaban J connectivity index is 0.000000194. The number of hydrogen-bond donors (Lipinski definition) is 3. The Kier molecular flexibility index (Phi) is 12.1. The molecule has 2 aliphatic rings. The van der Waals surface area contributed by atoms with Crippen molar-refractivity contribution in [3.05, 3.63) is 113 Å². The molecule has 2 atom stereocenters. The molecular weight excluding hydrogens is 558 g/mol. The number of ether oxygens (including phenoxy) is 2. The highest BCUT2D eigenvalue weighted by Gasteiger charge is 2.23. The van der Waals surface area contributed by atoms with Crippen LogP contribution >= 0.6 is 0 Å². The van der Waals surface area contributed by atoms with Crippen LogP contribution in [0.1, 0.15) is 54.5 Å². The predicted octanol–water partition coefficient (Wildman–Crippen LogP) is 7.27. The van der Waals surface area contributed by atoms with Crippen molar-refractivity contribution >= 4 is 12.0 Å². The first kappa shape index (κ1) is 33.2. The Morgan fingerprint density at radius 1 is 0.844 bits per heavy atom. The molecule has 2 aliphatic carbocycles. The number of fused-ring (bicyclic) bond motifs is 2. The fraction of sp³-hybridized carbons (Fsp3) is 0.342. The maximum Gasteiger partial charge on any atom is 0.281 e. The number of rotatable bonds is 5. The molecule has 0 radical (unpaired) electrons. The summed E-state index contributed by atoms with van der Waals surface area (Å²) in [5, 5.41) is 7.19. The van der Waals surface area contributed by atoms with Crippen LogP contribution in [-0.4, -0.2) is 36.8 Å². The maximum absolute atomic E-state index is 7.19. The molecule has 5 N–H and O–H groups in total. The van der Waals surface area contributed by atoms with Gasteiger partial charge in [0.05, 0.1) is 19.8 Å². The molecular formula is C38H47N5O2. The van der Waals surface area contributed by atoms with Crippen LogP contribution in [0.25, 0.3) is 22.3 Å². The van der Waals surface area contributed by atoms with Crippen LogP contribution in [0.5, 0.6) is 0 Å². The van der Waals surface area contributed by atoms with Crippen molar-refractivity contribution in [1.82, 2.24) is 4.98 Å². The lowest BCUT2D eigenvalue weighted by molar-refractivity contribution is 0.218. The van der Waals surface area contributed by atoms with Crippen LogP contribution in [0.15, 0.2) is 90.2 Å². The number of nitrogens with two attached hydrogens (primary N) is 2. The number of hydrogen-bond acceptors (Lipinski definition) is 5. The third-order valence-corrected chi connectivity index (χ3v) is 8.45. The van der Waals surface area contributed by atoms with E-state index >= 15 is 0 Å². The maximum atomic E-state index is 7.19. The van der Waals surface area contributed by atoms with Crippen molar-refractivity contribution < 1.29 is 9.47 Å². The lowest BCUT2D eigenvalue weighted by atomic mass is 9.80. The molecule has 7 nitrogen and oxygen atoms in total. The van der Waals surface area contributed by atoms with E-state index in [4.69, 9.17) is 26.4 Å². The second-order valence-electron chi connectivity index (χ2n) is 11.3. The van der Waals surface area contributed by atoms with Crippen LogP contribution in [0.3, 0.4) is 0 Å². The molecule has 0 spiro atoms. The quantitative estimate of drug-likeness (QED) is 0.163. The van der Waals surface area contributed by atoms with Gasteiger partial charge in [-0.25, -0.2) is 4.99 Å². The summed E-state index contributed by atoms with van der Waals surface area (Å²) in [7, 11) is 1.56. The van der Waals surface area contributed by atoms with Crippen molar-refractivity contribution in [2.24, 2.45) is 22.4 Å². The van der Waals surface area contributed by atoms with Gasteiger partial charge in [-0.1, -0.05) is 80.6 Å². The van der Waals surface area contributed by atoms with Crippen molar-refractivity contribution in [2.75, 3.05) is 13.7 Å². The van der Waals surface area contributed by atoms with Gasteiger partial charge in [0.25, 0.3) is 12.0 Å². The van der Waals surface area contributed by atoms with E-state index in [1.54, 1.807) is 7.11 Å². The normalized spacial score (nSPS) is 16.8. The molecule has 45 heavy (non-hydrogen) atoms. The molecule has 0 bridgehead atoms. The van der Waals surface area contributed by atoms with Crippen molar-refractivity contribution in [3.8, 4) is 22.3 Å². The smallest absolute Gasteiger partial charge is 0.281 e. The summed E-state index contributed by atoms with van der Waals surface area (Å²) >= 11 is 0. The highest BCUT2D eigenvalue weighted by molar-refractivity contribution is 5.73. The minimum atomic E-state index is -0.183. The molecule has 0 aliphatic heterocycles. The Morgan fingerprint density at radius 2 is 1.51 bits per heavy atom. The zero-order valence-electron chi connectivity index (χ0n) is 27.1. The van der Waals surface area contributed by atoms with Gasteiger partial charge >= 0.3 is 0 Å². The van der Waals surface area contributed by atoms with Crippen molar-refractivity contribution in [1.29, 1.82) is 5.41 Å². The summed E-state index contributed by atoms with van der Waals surface area (Å²) in [6, 6.07) is 25.9. The molecule has 0 fully saturated rings. The summed E-state index contributed by atoms with van der Waals surface area (Å²) in [4.78, 5) is 8.75. The van der Waals surface area contributed by atoms with E-state index < -0.39 is 0 Å². The van der Waals surface area contributed by atoms with E-state index in [0.29, 0.717) is 12.5 Å². The lowest BCUT2D eigenvalue weighted by Gasteiger charge is -2.26. The van der Waals surface area contributed by atoms with Crippen molar-refractivity contribution in [3.63, 3.8) is 0 Å². The monoisotopic (exact) mass is 605 g/mol. The standard InChI is InChI=1S/C18H21N3O.C18H20N2O.C2H6/c1-12-8-9-20-11-17(12)15-5-3-4-13-6-7-14(10-16(13)15)21-18(19)22-2;19-18(20)21-12-13-9-10-15-7-4-8-16(17(15)11-13)14-5-2-1-3-6-14;1-2/h3-5,8-9,11,14H,6-7,10H2,1-2H3,(H2,19,21);1-8,13H,9-12H2,(H3,19,20);1-2H3. The Bertz CT molecular complexity index is 1580. The molecule has 3 aromatic carbocycles. The highest BCUT2D eigenvalue weighted by atomic mass is 16.5. The average molecular weight is 606 g/mol. The number of aromatic nitrogens is 1. The van der Waals surface area contributed by atoms with Gasteiger partial charge < -0.3 is 20.9 Å². The summed E-state index contributed by atoms with van der Waals surface area (Å²) in [6.45, 7) is 6.66. The average Bonchev–Trinajstić information content (AvgIpc) is 3.08. The lowest BCUT2D eigenvalue weighted by Crippen LogP contribution is -2.24. The van der Waals surface area contributed by atoms with Crippen LogP contribution in [-0.2, 0) is 35.2 Å². The minimum absolute atomic E-state index is 0.183. The summed E-state index contributed by atoms with van der Waals surface area (Å²) in [5.74, 6) is 0.436. The molecule has 1 heterocycles. The number of amidine groups is 2. The molecule has 4 aromatic rings. The fourth-order valence-corrected chi connectivity index (χ4v) is 6.21. The predicted molar refractivity (Wildman–Crippen MR) is 185 cm³/mol. The number of pyridine rings is 1. The Labute approximate surface area is 268 Å². The van der Waals surface area contributed by atoms with E-state index in [9.17, 15) is 0 Å². The second kappa shape index (κ2) is 16.4. The Morgan fingerprint density at radius 3 is 2.18 bits per heavy atom. The number of aliphatic imine (C=N–C) groups is 1. The summed E-state index contributed by atoms with van der Waals surface area (Å²) < 4.78 is 10.2. The largest absolute Gasteiger partial charge is 0.469 e. The van der Waals surface area contributed by atoms with Gasteiger partial charge in [0.2, 0.25) is 0 Å². The molecule has 0 saturated carbocycles. The van der Waals surface area contributed by atoms with E-state index in [2.05, 4.69) is 83.6 Å². The number of nitrogens with one attached hydrogen (secondary N) is 1. The van der Waals surface area contributed by atoms with E-state index in [1.165, 1.54) is 50.1 Å². The van der Waals surface area contributed by atoms with E-state index in [0.717, 1.165) is 38.5 Å². The number of benzene rings is 3. The number of methoxy groups -OCH3 is 1. The van der Waals surface area contributed by atoms with Gasteiger partial charge in [0.1, 0.15) is 0 Å². The first-order valence-electron chi connectivity index (χ1n) is 15.9. The van der Waals surface area contributed by atoms with Crippen LogP contribution in [0, 0.1) is 18.3 Å². The molecule has 6 rings (SSSR count). The summed E-state index contributed by atoms with van der Waals surface area (Å²) in [5.41, 5.74) is 22.9. The Hall–Kier alpha value is -4.65. The van der Waals surface area contributed by atoms with Gasteiger partial charge in [0.15, 0.2) is 0 Å². The van der Waals surface area contributed by atoms with Gasteiger partial charge in [-0.15, -0.1) is 0 Å². The molecule has 236 valence electrons. The topological polar surface area (TPSA) is 120 Å². The number of nitrogens with zero attached hydrogens (tertiary/aromatic N) is 2. The van der Waals surface area contributed by atoms with Gasteiger partial charge in [0, 0.05) is 18.0 Å². The van der Waals surface area contributed by atoms with Gasteiger partial charge in [-0.3, -0.25) is 10.4 Å².